The minimum Gasteiger partial charge on any atom is -0.433 e. The second kappa shape index (κ2) is 13.1. The van der Waals surface area contributed by atoms with Crippen molar-refractivity contribution in [3.05, 3.63) is 131 Å². The molecule has 0 spiro atoms. The van der Waals surface area contributed by atoms with Crippen LogP contribution in [0.3, 0.4) is 0 Å². The molecule has 4 aromatic carbocycles. The van der Waals surface area contributed by atoms with Gasteiger partial charge in [-0.3, -0.25) is 4.90 Å². The maximum Gasteiger partial charge on any atom is 0.408 e. The van der Waals surface area contributed by atoms with Crippen molar-refractivity contribution >= 4 is 34.4 Å². The SMILES string of the molecule is O=C(NCc1ccc(F)cc1)OC1(CCCCN2CCN(c3ccc4cccc(Cl)c4n3)CC2)c2ccccc2-c2ccccc21. The molecular weight excluding hydrogens is 599 g/mol. The Kier molecular flexibility index (Phi) is 8.61. The molecule has 2 heterocycles. The number of amides is 1. The van der Waals surface area contributed by atoms with Crippen molar-refractivity contribution in [3.63, 3.8) is 0 Å². The van der Waals surface area contributed by atoms with Crippen molar-refractivity contribution in [3.8, 4) is 11.1 Å². The van der Waals surface area contributed by atoms with Gasteiger partial charge in [0.25, 0.3) is 0 Å². The van der Waals surface area contributed by atoms with Crippen LogP contribution < -0.4 is 10.2 Å². The maximum absolute atomic E-state index is 13.4. The Morgan fingerprint density at radius 2 is 1.52 bits per heavy atom. The average molecular weight is 635 g/mol. The number of pyridine rings is 1. The van der Waals surface area contributed by atoms with Crippen molar-refractivity contribution < 1.29 is 13.9 Å². The molecule has 0 unspecified atom stereocenters. The van der Waals surface area contributed by atoms with E-state index in [2.05, 4.69) is 51.5 Å². The lowest BCUT2D eigenvalue weighted by Crippen LogP contribution is -2.47. The summed E-state index contributed by atoms with van der Waals surface area (Å²) in [4.78, 5) is 23.0. The van der Waals surface area contributed by atoms with Crippen LogP contribution in [0.25, 0.3) is 22.0 Å². The predicted octanol–water partition coefficient (Wildman–Crippen LogP) is 8.17. The zero-order valence-corrected chi connectivity index (χ0v) is 26.3. The van der Waals surface area contributed by atoms with Crippen LogP contribution in [0.5, 0.6) is 0 Å². The number of aromatic nitrogens is 1. The van der Waals surface area contributed by atoms with Crippen molar-refractivity contribution in [1.82, 2.24) is 15.2 Å². The third-order valence-electron chi connectivity index (χ3n) is 9.24. The van der Waals surface area contributed by atoms with E-state index in [0.29, 0.717) is 11.4 Å². The standard InChI is InChI=1S/C38H36ClFN4O2/c39-34-13-7-8-28-16-19-35(42-36(28)34)44-24-22-43(23-25-44)21-6-5-20-38(46-37(45)41-26-27-14-17-29(40)18-15-27)32-11-3-1-9-30(32)31-10-2-4-12-33(31)38/h1-4,7-19H,5-6,20-26H2,(H,41,45). The average Bonchev–Trinajstić information content (AvgIpc) is 3.36. The summed E-state index contributed by atoms with van der Waals surface area (Å²) >= 11 is 6.42. The number of ether oxygens (including phenoxy) is 1. The molecule has 1 aromatic heterocycles. The van der Waals surface area contributed by atoms with Crippen LogP contribution in [0, 0.1) is 5.82 Å². The third kappa shape index (κ3) is 6.05. The Balaban J connectivity index is 1.00. The number of carbonyl (C=O) groups is 1. The van der Waals surface area contributed by atoms with E-state index in [9.17, 15) is 9.18 Å². The zero-order valence-electron chi connectivity index (χ0n) is 25.6. The summed E-state index contributed by atoms with van der Waals surface area (Å²) in [5.41, 5.74) is 5.00. The van der Waals surface area contributed by atoms with Crippen LogP contribution in [0.1, 0.15) is 36.0 Å². The molecule has 8 heteroatoms. The van der Waals surface area contributed by atoms with Crippen molar-refractivity contribution in [2.75, 3.05) is 37.6 Å². The van der Waals surface area contributed by atoms with Gasteiger partial charge in [0.2, 0.25) is 0 Å². The molecule has 6 nitrogen and oxygen atoms in total. The quantitative estimate of drug-likeness (QED) is 0.166. The minimum atomic E-state index is -0.887. The van der Waals surface area contributed by atoms with Crippen LogP contribution >= 0.6 is 11.6 Å². The molecule has 1 fully saturated rings. The van der Waals surface area contributed by atoms with Crippen molar-refractivity contribution in [1.29, 1.82) is 0 Å². The molecule has 1 aliphatic carbocycles. The third-order valence-corrected chi connectivity index (χ3v) is 9.54. The molecule has 234 valence electrons. The predicted molar refractivity (Wildman–Crippen MR) is 182 cm³/mol. The Morgan fingerprint density at radius 3 is 2.24 bits per heavy atom. The molecule has 1 N–H and O–H groups in total. The number of unbranched alkanes of at least 4 members (excludes halogenated alkanes) is 1. The summed E-state index contributed by atoms with van der Waals surface area (Å²) < 4.78 is 19.8. The molecule has 0 saturated carbocycles. The minimum absolute atomic E-state index is 0.256. The topological polar surface area (TPSA) is 57.7 Å². The van der Waals surface area contributed by atoms with Crippen LogP contribution in [0.15, 0.2) is 103 Å². The van der Waals surface area contributed by atoms with Gasteiger partial charge in [0, 0.05) is 49.2 Å². The van der Waals surface area contributed by atoms with Gasteiger partial charge in [-0.05, 0) is 72.8 Å². The fourth-order valence-corrected chi connectivity index (χ4v) is 7.10. The molecule has 7 rings (SSSR count). The van der Waals surface area contributed by atoms with E-state index in [0.717, 1.165) is 90.1 Å². The first-order valence-electron chi connectivity index (χ1n) is 15.9. The number of nitrogens with one attached hydrogen (secondary N) is 1. The van der Waals surface area contributed by atoms with Crippen LogP contribution in [-0.4, -0.2) is 48.7 Å². The lowest BCUT2D eigenvalue weighted by atomic mass is 9.86. The van der Waals surface area contributed by atoms with Gasteiger partial charge in [0.1, 0.15) is 11.6 Å². The number of piperazine rings is 1. The molecule has 5 aromatic rings. The second-order valence-corrected chi connectivity index (χ2v) is 12.5. The van der Waals surface area contributed by atoms with Gasteiger partial charge in [0.15, 0.2) is 5.60 Å². The monoisotopic (exact) mass is 634 g/mol. The number of anilines is 1. The summed E-state index contributed by atoms with van der Waals surface area (Å²) in [6.45, 7) is 4.96. The molecule has 46 heavy (non-hydrogen) atoms. The molecule has 0 atom stereocenters. The molecule has 0 radical (unpaired) electrons. The summed E-state index contributed by atoms with van der Waals surface area (Å²) in [6.07, 6.45) is 2.05. The number of fused-ring (bicyclic) bond motifs is 4. The van der Waals surface area contributed by atoms with Crippen molar-refractivity contribution in [2.24, 2.45) is 0 Å². The fraction of sp³-hybridized carbons (Fsp3) is 0.263. The number of carbonyl (C=O) groups excluding carboxylic acids is 1. The number of para-hydroxylation sites is 1. The molecule has 1 aliphatic heterocycles. The Labute approximate surface area is 273 Å². The Bertz CT molecular complexity index is 1810. The summed E-state index contributed by atoms with van der Waals surface area (Å²) in [6, 6.07) is 32.6. The van der Waals surface area contributed by atoms with E-state index >= 15 is 0 Å². The highest BCUT2D eigenvalue weighted by molar-refractivity contribution is 6.35. The number of nitrogens with zero attached hydrogens (tertiary/aromatic N) is 3. The second-order valence-electron chi connectivity index (χ2n) is 12.1. The van der Waals surface area contributed by atoms with E-state index in [1.54, 1.807) is 12.1 Å². The van der Waals surface area contributed by atoms with Gasteiger partial charge < -0.3 is 15.0 Å². The van der Waals surface area contributed by atoms with Gasteiger partial charge in [-0.15, -0.1) is 0 Å². The number of halogens is 2. The van der Waals surface area contributed by atoms with E-state index < -0.39 is 11.7 Å². The fourth-order valence-electron chi connectivity index (χ4n) is 6.87. The number of hydrogen-bond acceptors (Lipinski definition) is 5. The van der Waals surface area contributed by atoms with Crippen LogP contribution in [0.4, 0.5) is 15.0 Å². The van der Waals surface area contributed by atoms with Gasteiger partial charge in [-0.2, -0.15) is 0 Å². The lowest BCUT2D eigenvalue weighted by molar-refractivity contribution is 0.0325. The maximum atomic E-state index is 13.4. The first-order valence-corrected chi connectivity index (χ1v) is 16.3. The van der Waals surface area contributed by atoms with Gasteiger partial charge >= 0.3 is 6.09 Å². The van der Waals surface area contributed by atoms with Gasteiger partial charge in [-0.25, -0.2) is 14.2 Å². The molecule has 1 amide bonds. The van der Waals surface area contributed by atoms with E-state index in [1.165, 1.54) is 12.1 Å². The molecule has 1 saturated heterocycles. The van der Waals surface area contributed by atoms with Crippen molar-refractivity contribution in [2.45, 2.75) is 31.4 Å². The molecular formula is C38H36ClFN4O2. The summed E-state index contributed by atoms with van der Waals surface area (Å²) in [5, 5.41) is 4.62. The lowest BCUT2D eigenvalue weighted by Gasteiger charge is -2.36. The number of hydrogen-bond donors (Lipinski definition) is 1. The largest absolute Gasteiger partial charge is 0.433 e. The van der Waals surface area contributed by atoms with E-state index in [1.807, 2.05) is 42.5 Å². The summed E-state index contributed by atoms with van der Waals surface area (Å²) in [7, 11) is 0. The Hall–Kier alpha value is -4.46. The number of rotatable bonds is 9. The van der Waals surface area contributed by atoms with Crippen LogP contribution in [-0.2, 0) is 16.9 Å². The molecule has 2 aliphatic rings. The van der Waals surface area contributed by atoms with Crippen LogP contribution in [0.2, 0.25) is 5.02 Å². The number of alkyl carbamates (subject to hydrolysis) is 1. The first kappa shape index (κ1) is 30.2. The highest BCUT2D eigenvalue weighted by atomic mass is 35.5. The first-order chi connectivity index (χ1) is 22.5. The van der Waals surface area contributed by atoms with Gasteiger partial charge in [0.05, 0.1) is 10.5 Å². The highest BCUT2D eigenvalue weighted by Gasteiger charge is 2.46. The van der Waals surface area contributed by atoms with E-state index in [4.69, 9.17) is 21.3 Å². The smallest absolute Gasteiger partial charge is 0.408 e. The van der Waals surface area contributed by atoms with E-state index in [-0.39, 0.29) is 12.4 Å². The number of benzene rings is 4. The highest BCUT2D eigenvalue weighted by Crippen LogP contribution is 2.52. The zero-order chi connectivity index (χ0) is 31.5. The molecule has 0 bridgehead atoms. The summed E-state index contributed by atoms with van der Waals surface area (Å²) in [5.74, 6) is 0.661. The Morgan fingerprint density at radius 1 is 0.826 bits per heavy atom. The normalized spacial score (nSPS) is 15.4. The van der Waals surface area contributed by atoms with Gasteiger partial charge in [-0.1, -0.05) is 84.4 Å².